The van der Waals surface area contributed by atoms with Crippen molar-refractivity contribution in [3.63, 3.8) is 0 Å². The van der Waals surface area contributed by atoms with Crippen LogP contribution in [0.25, 0.3) is 0 Å². The monoisotopic (exact) mass is 416 g/mol. The highest BCUT2D eigenvalue weighted by molar-refractivity contribution is 6.32. The average molecular weight is 417 g/mol. The molecule has 5 nitrogen and oxygen atoms in total. The summed E-state index contributed by atoms with van der Waals surface area (Å²) in [5, 5.41) is 3.43. The third-order valence-corrected chi connectivity index (χ3v) is 5.08. The summed E-state index contributed by atoms with van der Waals surface area (Å²) in [5.74, 6) is 0.0306. The van der Waals surface area contributed by atoms with Crippen LogP contribution in [0.3, 0.4) is 0 Å². The standard InChI is InChI=1S/C23H29ClN2O3/c1-4-17(3)25-23(28)20(5-2)26(15-18-11-7-6-8-12-18)22(27)16-29-21-14-10-9-13-19(21)24/h6-14,17,20H,4-5,15-16H2,1-3H3,(H,25,28)/t17-,20-/m0/s1. The van der Waals surface area contributed by atoms with Crippen LogP contribution in [0.1, 0.15) is 39.2 Å². The molecule has 29 heavy (non-hydrogen) atoms. The molecule has 0 saturated carbocycles. The van der Waals surface area contributed by atoms with Crippen LogP contribution in [-0.4, -0.2) is 35.4 Å². The second-order valence-electron chi connectivity index (χ2n) is 6.97. The molecule has 0 aromatic heterocycles. The van der Waals surface area contributed by atoms with E-state index in [4.69, 9.17) is 16.3 Å². The maximum atomic E-state index is 13.1. The first-order valence-electron chi connectivity index (χ1n) is 9.97. The molecule has 1 N–H and O–H groups in total. The molecule has 156 valence electrons. The number of hydrogen-bond donors (Lipinski definition) is 1. The molecule has 0 unspecified atom stereocenters. The van der Waals surface area contributed by atoms with Gasteiger partial charge in [-0.2, -0.15) is 0 Å². The van der Waals surface area contributed by atoms with E-state index in [2.05, 4.69) is 5.32 Å². The fourth-order valence-corrected chi connectivity index (χ4v) is 3.12. The number of nitrogens with one attached hydrogen (secondary N) is 1. The summed E-state index contributed by atoms with van der Waals surface area (Å²) in [6.07, 6.45) is 1.33. The van der Waals surface area contributed by atoms with Crippen molar-refractivity contribution in [3.05, 3.63) is 65.2 Å². The molecule has 2 rings (SSSR count). The van der Waals surface area contributed by atoms with E-state index in [0.29, 0.717) is 23.7 Å². The molecular formula is C23H29ClN2O3. The molecule has 0 heterocycles. The van der Waals surface area contributed by atoms with Gasteiger partial charge in [-0.25, -0.2) is 0 Å². The topological polar surface area (TPSA) is 58.6 Å². The van der Waals surface area contributed by atoms with Gasteiger partial charge in [0.05, 0.1) is 5.02 Å². The van der Waals surface area contributed by atoms with Gasteiger partial charge in [-0.05, 0) is 37.5 Å². The Morgan fingerprint density at radius 2 is 1.69 bits per heavy atom. The maximum absolute atomic E-state index is 13.1. The number of ether oxygens (including phenoxy) is 1. The number of carbonyl (C=O) groups is 2. The first-order chi connectivity index (χ1) is 14.0. The number of halogens is 1. The van der Waals surface area contributed by atoms with Crippen molar-refractivity contribution in [2.75, 3.05) is 6.61 Å². The van der Waals surface area contributed by atoms with Gasteiger partial charge in [0.1, 0.15) is 11.8 Å². The highest BCUT2D eigenvalue weighted by Crippen LogP contribution is 2.23. The molecule has 0 fully saturated rings. The number of benzene rings is 2. The highest BCUT2D eigenvalue weighted by Gasteiger charge is 2.29. The molecule has 2 aromatic rings. The predicted octanol–water partition coefficient (Wildman–Crippen LogP) is 4.44. The number of para-hydroxylation sites is 1. The van der Waals surface area contributed by atoms with Gasteiger partial charge >= 0.3 is 0 Å². The Balaban J connectivity index is 2.19. The van der Waals surface area contributed by atoms with Crippen molar-refractivity contribution < 1.29 is 14.3 Å². The smallest absolute Gasteiger partial charge is 0.261 e. The van der Waals surface area contributed by atoms with Crippen LogP contribution in [0.5, 0.6) is 5.75 Å². The van der Waals surface area contributed by atoms with E-state index in [-0.39, 0.29) is 24.5 Å². The molecule has 2 aromatic carbocycles. The first-order valence-corrected chi connectivity index (χ1v) is 10.3. The molecule has 0 aliphatic carbocycles. The van der Waals surface area contributed by atoms with Gasteiger partial charge in [-0.3, -0.25) is 9.59 Å². The second kappa shape index (κ2) is 11.5. The van der Waals surface area contributed by atoms with Gasteiger partial charge in [0.15, 0.2) is 6.61 Å². The zero-order chi connectivity index (χ0) is 21.2. The summed E-state index contributed by atoms with van der Waals surface area (Å²) in [4.78, 5) is 27.5. The minimum Gasteiger partial charge on any atom is -0.482 e. The Hall–Kier alpha value is -2.53. The maximum Gasteiger partial charge on any atom is 0.261 e. The second-order valence-corrected chi connectivity index (χ2v) is 7.38. The van der Waals surface area contributed by atoms with Crippen LogP contribution in [0.4, 0.5) is 0 Å². The molecule has 0 aliphatic heterocycles. The number of carbonyl (C=O) groups excluding carboxylic acids is 2. The highest BCUT2D eigenvalue weighted by atomic mass is 35.5. The molecule has 0 bridgehead atoms. The van der Waals surface area contributed by atoms with Gasteiger partial charge in [0, 0.05) is 12.6 Å². The van der Waals surface area contributed by atoms with Crippen molar-refractivity contribution in [3.8, 4) is 5.75 Å². The van der Waals surface area contributed by atoms with Crippen LogP contribution in [0.2, 0.25) is 5.02 Å². The summed E-state index contributed by atoms with van der Waals surface area (Å²) >= 11 is 6.12. The van der Waals surface area contributed by atoms with E-state index in [0.717, 1.165) is 12.0 Å². The quantitative estimate of drug-likeness (QED) is 0.622. The molecular weight excluding hydrogens is 388 g/mol. The summed E-state index contributed by atoms with van der Waals surface area (Å²) in [6.45, 7) is 6.01. The van der Waals surface area contributed by atoms with Gasteiger partial charge in [-0.1, -0.05) is 67.9 Å². The van der Waals surface area contributed by atoms with Crippen molar-refractivity contribution in [1.82, 2.24) is 10.2 Å². The van der Waals surface area contributed by atoms with Crippen LogP contribution < -0.4 is 10.1 Å². The van der Waals surface area contributed by atoms with Crippen LogP contribution >= 0.6 is 11.6 Å². The van der Waals surface area contributed by atoms with Crippen molar-refractivity contribution in [1.29, 1.82) is 0 Å². The number of hydrogen-bond acceptors (Lipinski definition) is 3. The van der Waals surface area contributed by atoms with Gasteiger partial charge < -0.3 is 15.0 Å². The predicted molar refractivity (Wildman–Crippen MR) is 116 cm³/mol. The van der Waals surface area contributed by atoms with E-state index >= 15 is 0 Å². The normalized spacial score (nSPS) is 12.7. The van der Waals surface area contributed by atoms with Gasteiger partial charge in [0.25, 0.3) is 5.91 Å². The summed E-state index contributed by atoms with van der Waals surface area (Å²) in [6, 6.07) is 16.1. The lowest BCUT2D eigenvalue weighted by Gasteiger charge is -2.31. The van der Waals surface area contributed by atoms with Gasteiger partial charge in [-0.15, -0.1) is 0 Å². The largest absolute Gasteiger partial charge is 0.482 e. The lowest BCUT2D eigenvalue weighted by molar-refractivity contribution is -0.143. The summed E-state index contributed by atoms with van der Waals surface area (Å²) < 4.78 is 5.64. The van der Waals surface area contributed by atoms with Crippen molar-refractivity contribution in [2.45, 2.75) is 52.2 Å². The Morgan fingerprint density at radius 1 is 1.03 bits per heavy atom. The van der Waals surface area contributed by atoms with Crippen LogP contribution in [-0.2, 0) is 16.1 Å². The van der Waals surface area contributed by atoms with E-state index < -0.39 is 6.04 Å². The van der Waals surface area contributed by atoms with Crippen LogP contribution in [0, 0.1) is 0 Å². The molecule has 0 radical (unpaired) electrons. The minimum absolute atomic E-state index is 0.0459. The Morgan fingerprint density at radius 3 is 2.31 bits per heavy atom. The summed E-state index contributed by atoms with van der Waals surface area (Å²) in [5.41, 5.74) is 0.952. The molecule has 0 saturated heterocycles. The molecule has 0 aliphatic rings. The average Bonchev–Trinajstić information content (AvgIpc) is 2.73. The Kier molecular flexibility index (Phi) is 9.00. The zero-order valence-electron chi connectivity index (χ0n) is 17.2. The fraction of sp³-hybridized carbons (Fsp3) is 0.391. The third-order valence-electron chi connectivity index (χ3n) is 4.77. The SMILES string of the molecule is CC[C@H](C)NC(=O)[C@H](CC)N(Cc1ccccc1)C(=O)COc1ccccc1Cl. The molecule has 2 atom stereocenters. The van der Waals surface area contributed by atoms with E-state index in [1.54, 1.807) is 29.2 Å². The fourth-order valence-electron chi connectivity index (χ4n) is 2.92. The molecule has 6 heteroatoms. The molecule has 2 amide bonds. The van der Waals surface area contributed by atoms with Crippen molar-refractivity contribution in [2.24, 2.45) is 0 Å². The third kappa shape index (κ3) is 6.79. The number of rotatable bonds is 10. The first kappa shape index (κ1) is 22.8. The lowest BCUT2D eigenvalue weighted by Crippen LogP contribution is -2.51. The van der Waals surface area contributed by atoms with Crippen LogP contribution in [0.15, 0.2) is 54.6 Å². The van der Waals surface area contributed by atoms with E-state index in [1.165, 1.54) is 0 Å². The zero-order valence-corrected chi connectivity index (χ0v) is 18.0. The molecule has 0 spiro atoms. The van der Waals surface area contributed by atoms with E-state index in [1.807, 2.05) is 51.1 Å². The number of nitrogens with zero attached hydrogens (tertiary/aromatic N) is 1. The van der Waals surface area contributed by atoms with Gasteiger partial charge in [0.2, 0.25) is 5.91 Å². The lowest BCUT2D eigenvalue weighted by atomic mass is 10.1. The Labute approximate surface area is 178 Å². The number of amides is 2. The van der Waals surface area contributed by atoms with Crippen molar-refractivity contribution >= 4 is 23.4 Å². The van der Waals surface area contributed by atoms with E-state index in [9.17, 15) is 9.59 Å². The summed E-state index contributed by atoms with van der Waals surface area (Å²) in [7, 11) is 0. The minimum atomic E-state index is -0.577. The Bertz CT molecular complexity index is 798.